The Bertz CT molecular complexity index is 912. The summed E-state index contributed by atoms with van der Waals surface area (Å²) in [5.41, 5.74) is 0.599. The number of benzene rings is 1. The fourth-order valence-corrected chi connectivity index (χ4v) is 4.67. The molecule has 1 aromatic carbocycles. The molecule has 1 atom stereocenters. The van der Waals surface area contributed by atoms with E-state index in [0.29, 0.717) is 17.2 Å². The predicted octanol–water partition coefficient (Wildman–Crippen LogP) is 3.62. The predicted molar refractivity (Wildman–Crippen MR) is 108 cm³/mol. The lowest BCUT2D eigenvalue weighted by Gasteiger charge is -2.26. The van der Waals surface area contributed by atoms with Gasteiger partial charge in [0.1, 0.15) is 5.01 Å². The maximum Gasteiger partial charge on any atom is 0.286 e. The van der Waals surface area contributed by atoms with Crippen molar-refractivity contribution in [2.75, 3.05) is 18.7 Å². The van der Waals surface area contributed by atoms with Crippen LogP contribution in [0.25, 0.3) is 0 Å². The first kappa shape index (κ1) is 19.6. The number of carbonyl (C=O) groups excluding carboxylic acids is 2. The summed E-state index contributed by atoms with van der Waals surface area (Å²) in [5, 5.41) is 12.1. The number of aromatic nitrogens is 2. The third-order valence-electron chi connectivity index (χ3n) is 5.42. The SMILES string of the molecule is CCC(CC)C(=O)N1CCCC1c1nnc(C(=O)Nc2ccc3c(c2)OCO3)s1. The molecule has 1 N–H and O–H groups in total. The van der Waals surface area contributed by atoms with Crippen LogP contribution in [0.4, 0.5) is 5.69 Å². The standard InChI is InChI=1S/C20H24N4O4S/c1-3-12(4-2)20(26)24-9-5-6-14(24)18-22-23-19(29-18)17(25)21-13-7-8-15-16(10-13)28-11-27-15/h7-8,10,12,14H,3-6,9,11H2,1-2H3,(H,21,25). The zero-order valence-corrected chi connectivity index (χ0v) is 17.3. The van der Waals surface area contributed by atoms with Crippen molar-refractivity contribution >= 4 is 28.8 Å². The number of fused-ring (bicyclic) bond motifs is 1. The highest BCUT2D eigenvalue weighted by molar-refractivity contribution is 7.13. The molecule has 8 nitrogen and oxygen atoms in total. The molecule has 1 unspecified atom stereocenters. The van der Waals surface area contributed by atoms with E-state index >= 15 is 0 Å². The summed E-state index contributed by atoms with van der Waals surface area (Å²) < 4.78 is 10.6. The van der Waals surface area contributed by atoms with Gasteiger partial charge in [0.2, 0.25) is 17.7 Å². The van der Waals surface area contributed by atoms with Crippen LogP contribution in [0.5, 0.6) is 11.5 Å². The second-order valence-electron chi connectivity index (χ2n) is 7.17. The average molecular weight is 417 g/mol. The van der Waals surface area contributed by atoms with E-state index in [1.54, 1.807) is 18.2 Å². The molecule has 154 valence electrons. The molecule has 1 aromatic heterocycles. The Labute approximate surface area is 173 Å². The molecule has 0 bridgehead atoms. The van der Waals surface area contributed by atoms with Crippen LogP contribution >= 0.6 is 11.3 Å². The van der Waals surface area contributed by atoms with E-state index in [0.717, 1.165) is 37.2 Å². The Hall–Kier alpha value is -2.68. The van der Waals surface area contributed by atoms with Gasteiger partial charge < -0.3 is 19.7 Å². The number of anilines is 1. The van der Waals surface area contributed by atoms with Crippen LogP contribution in [-0.4, -0.2) is 40.2 Å². The number of likely N-dealkylation sites (tertiary alicyclic amines) is 1. The highest BCUT2D eigenvalue weighted by atomic mass is 32.1. The minimum Gasteiger partial charge on any atom is -0.454 e. The van der Waals surface area contributed by atoms with Crippen LogP contribution in [0, 0.1) is 5.92 Å². The fourth-order valence-electron chi connectivity index (χ4n) is 3.78. The Morgan fingerprint density at radius 1 is 1.24 bits per heavy atom. The monoisotopic (exact) mass is 416 g/mol. The van der Waals surface area contributed by atoms with Gasteiger partial charge in [-0.2, -0.15) is 0 Å². The summed E-state index contributed by atoms with van der Waals surface area (Å²) in [6, 6.07) is 5.13. The number of ether oxygens (including phenoxy) is 2. The van der Waals surface area contributed by atoms with Crippen molar-refractivity contribution in [3.63, 3.8) is 0 Å². The normalized spacial score (nSPS) is 17.8. The molecule has 0 aliphatic carbocycles. The zero-order chi connectivity index (χ0) is 20.4. The molecule has 2 aromatic rings. The van der Waals surface area contributed by atoms with E-state index in [2.05, 4.69) is 15.5 Å². The second-order valence-corrected chi connectivity index (χ2v) is 8.18. The van der Waals surface area contributed by atoms with Gasteiger partial charge in [0.15, 0.2) is 11.5 Å². The van der Waals surface area contributed by atoms with Crippen molar-refractivity contribution < 1.29 is 19.1 Å². The lowest BCUT2D eigenvalue weighted by atomic mass is 10.0. The molecule has 0 radical (unpaired) electrons. The van der Waals surface area contributed by atoms with Crippen molar-refractivity contribution in [2.45, 2.75) is 45.6 Å². The van der Waals surface area contributed by atoms with Gasteiger partial charge >= 0.3 is 0 Å². The number of hydrogen-bond acceptors (Lipinski definition) is 7. The fraction of sp³-hybridized carbons (Fsp3) is 0.500. The van der Waals surface area contributed by atoms with Gasteiger partial charge in [0, 0.05) is 24.2 Å². The molecular formula is C20H24N4O4S. The van der Waals surface area contributed by atoms with E-state index in [-0.39, 0.29) is 35.6 Å². The first-order valence-electron chi connectivity index (χ1n) is 9.95. The van der Waals surface area contributed by atoms with Crippen molar-refractivity contribution in [1.29, 1.82) is 0 Å². The molecule has 0 spiro atoms. The van der Waals surface area contributed by atoms with Gasteiger partial charge in [-0.05, 0) is 37.8 Å². The topological polar surface area (TPSA) is 93.7 Å². The van der Waals surface area contributed by atoms with Crippen molar-refractivity contribution in [3.8, 4) is 11.5 Å². The number of hydrogen-bond donors (Lipinski definition) is 1. The van der Waals surface area contributed by atoms with Gasteiger partial charge in [-0.3, -0.25) is 9.59 Å². The third-order valence-corrected chi connectivity index (χ3v) is 6.44. The summed E-state index contributed by atoms with van der Waals surface area (Å²) in [7, 11) is 0. The van der Waals surface area contributed by atoms with Crippen molar-refractivity contribution in [3.05, 3.63) is 28.2 Å². The van der Waals surface area contributed by atoms with Gasteiger partial charge in [-0.1, -0.05) is 25.2 Å². The summed E-state index contributed by atoms with van der Waals surface area (Å²) in [4.78, 5) is 27.4. The van der Waals surface area contributed by atoms with E-state index in [4.69, 9.17) is 9.47 Å². The van der Waals surface area contributed by atoms with Crippen molar-refractivity contribution in [1.82, 2.24) is 15.1 Å². The van der Waals surface area contributed by atoms with Crippen LogP contribution in [0.15, 0.2) is 18.2 Å². The molecule has 2 aliphatic heterocycles. The number of carbonyl (C=O) groups is 2. The molecule has 2 amide bonds. The smallest absolute Gasteiger partial charge is 0.286 e. The van der Waals surface area contributed by atoms with E-state index in [1.165, 1.54) is 11.3 Å². The quantitative estimate of drug-likeness (QED) is 0.773. The lowest BCUT2D eigenvalue weighted by Crippen LogP contribution is -2.35. The maximum atomic E-state index is 12.8. The third kappa shape index (κ3) is 3.91. The molecule has 3 heterocycles. The minimum absolute atomic E-state index is 0.0392. The molecule has 1 saturated heterocycles. The summed E-state index contributed by atoms with van der Waals surface area (Å²) in [6.45, 7) is 5.00. The minimum atomic E-state index is -0.330. The van der Waals surface area contributed by atoms with Gasteiger partial charge in [-0.15, -0.1) is 10.2 Å². The zero-order valence-electron chi connectivity index (χ0n) is 16.5. The second kappa shape index (κ2) is 8.36. The molecule has 9 heteroatoms. The van der Waals surface area contributed by atoms with E-state index in [9.17, 15) is 9.59 Å². The molecular weight excluding hydrogens is 392 g/mol. The van der Waals surface area contributed by atoms with E-state index < -0.39 is 0 Å². The first-order chi connectivity index (χ1) is 14.1. The Kier molecular flexibility index (Phi) is 5.66. The molecule has 4 rings (SSSR count). The number of nitrogens with one attached hydrogen (secondary N) is 1. The van der Waals surface area contributed by atoms with Gasteiger partial charge in [0.05, 0.1) is 6.04 Å². The molecule has 2 aliphatic rings. The first-order valence-corrected chi connectivity index (χ1v) is 10.8. The highest BCUT2D eigenvalue weighted by Gasteiger charge is 2.35. The van der Waals surface area contributed by atoms with Gasteiger partial charge in [-0.25, -0.2) is 0 Å². The summed E-state index contributed by atoms with van der Waals surface area (Å²) in [6.07, 6.45) is 3.45. The van der Waals surface area contributed by atoms with Crippen LogP contribution in [0.2, 0.25) is 0 Å². The van der Waals surface area contributed by atoms with Crippen LogP contribution in [0.1, 0.15) is 60.4 Å². The van der Waals surface area contributed by atoms with Crippen molar-refractivity contribution in [2.24, 2.45) is 5.92 Å². The van der Waals surface area contributed by atoms with Gasteiger partial charge in [0.25, 0.3) is 5.91 Å². The van der Waals surface area contributed by atoms with Crippen LogP contribution in [0.3, 0.4) is 0 Å². The van der Waals surface area contributed by atoms with Crippen LogP contribution < -0.4 is 14.8 Å². The number of amides is 2. The molecule has 1 fully saturated rings. The average Bonchev–Trinajstić information content (AvgIpc) is 3.47. The number of rotatable bonds is 6. The Balaban J connectivity index is 1.46. The van der Waals surface area contributed by atoms with E-state index in [1.807, 2.05) is 18.7 Å². The Morgan fingerprint density at radius 3 is 2.83 bits per heavy atom. The molecule has 29 heavy (non-hydrogen) atoms. The summed E-state index contributed by atoms with van der Waals surface area (Å²) in [5.74, 6) is 1.15. The highest BCUT2D eigenvalue weighted by Crippen LogP contribution is 2.36. The maximum absolute atomic E-state index is 12.8. The summed E-state index contributed by atoms with van der Waals surface area (Å²) >= 11 is 1.25. The molecule has 0 saturated carbocycles. The Morgan fingerprint density at radius 2 is 2.03 bits per heavy atom. The number of nitrogens with zero attached hydrogens (tertiary/aromatic N) is 3. The lowest BCUT2D eigenvalue weighted by molar-refractivity contribution is -0.136. The van der Waals surface area contributed by atoms with Crippen LogP contribution in [-0.2, 0) is 4.79 Å². The largest absolute Gasteiger partial charge is 0.454 e.